The van der Waals surface area contributed by atoms with Crippen molar-refractivity contribution in [3.63, 3.8) is 0 Å². The topological polar surface area (TPSA) is 15.0 Å². The van der Waals surface area contributed by atoms with Crippen LogP contribution in [0.25, 0.3) is 0 Å². The van der Waals surface area contributed by atoms with Gasteiger partial charge in [-0.25, -0.2) is 0 Å². The highest BCUT2D eigenvalue weighted by molar-refractivity contribution is 4.88. The summed E-state index contributed by atoms with van der Waals surface area (Å²) in [5.74, 6) is 0. The summed E-state index contributed by atoms with van der Waals surface area (Å²) in [6.07, 6.45) is 0. The third-order valence-electron chi connectivity index (χ3n) is 1.67. The van der Waals surface area contributed by atoms with Gasteiger partial charge in [0, 0.05) is 19.1 Å². The van der Waals surface area contributed by atoms with E-state index >= 15 is 0 Å². The molecule has 0 radical (unpaired) electrons. The first kappa shape index (κ1) is 6.05. The number of likely N-dealkylation sites (N-methyl/N-ethyl adjacent to an activating group) is 2. The fraction of sp³-hybridized carbons (Fsp3) is 1.00. The molecule has 0 aromatic heterocycles. The van der Waals surface area contributed by atoms with Gasteiger partial charge in [-0.05, 0) is 13.6 Å². The van der Waals surface area contributed by atoms with Crippen molar-refractivity contribution in [1.29, 1.82) is 0 Å². The third kappa shape index (κ3) is 1.20. The Morgan fingerprint density at radius 1 is 1.75 bits per heavy atom. The van der Waals surface area contributed by atoms with Crippen LogP contribution < -0.4 is 5.32 Å². The molecule has 0 aromatic carbocycles. The molecule has 8 heavy (non-hydrogen) atoms. The van der Waals surface area contributed by atoms with E-state index in [1.165, 1.54) is 13.1 Å². The van der Waals surface area contributed by atoms with Crippen LogP contribution in [-0.2, 0) is 0 Å². The van der Waals surface area contributed by atoms with Crippen molar-refractivity contribution in [2.24, 2.45) is 0 Å². The smallest absolute Gasteiger partial charge is 0.0348 e. The lowest BCUT2D eigenvalue weighted by atomic mass is 10.5. The highest BCUT2D eigenvalue weighted by Gasteiger charge is 2.30. The van der Waals surface area contributed by atoms with Crippen LogP contribution in [0, 0.1) is 0 Å². The molecule has 2 nitrogen and oxygen atoms in total. The van der Waals surface area contributed by atoms with Crippen LogP contribution >= 0.6 is 0 Å². The minimum Gasteiger partial charge on any atom is -0.318 e. The van der Waals surface area contributed by atoms with Crippen LogP contribution in [0.15, 0.2) is 0 Å². The third-order valence-corrected chi connectivity index (χ3v) is 1.67. The molecule has 2 heteroatoms. The van der Waals surface area contributed by atoms with Gasteiger partial charge in [-0.1, -0.05) is 6.92 Å². The standard InChI is InChI=1S/C6H14N2/c1-3-8-5-6(8)4-7-2/h6-7H,3-5H2,1-2H3. The van der Waals surface area contributed by atoms with Crippen LogP contribution in [-0.4, -0.2) is 37.6 Å². The maximum atomic E-state index is 3.15. The first-order valence-electron chi connectivity index (χ1n) is 3.27. The second-order valence-corrected chi connectivity index (χ2v) is 2.30. The summed E-state index contributed by atoms with van der Waals surface area (Å²) < 4.78 is 0. The van der Waals surface area contributed by atoms with E-state index in [1.807, 2.05) is 7.05 Å². The highest BCUT2D eigenvalue weighted by Crippen LogP contribution is 2.13. The Morgan fingerprint density at radius 2 is 2.50 bits per heavy atom. The molecule has 2 unspecified atom stereocenters. The number of hydrogen-bond donors (Lipinski definition) is 1. The zero-order valence-corrected chi connectivity index (χ0v) is 5.65. The summed E-state index contributed by atoms with van der Waals surface area (Å²) in [4.78, 5) is 2.44. The van der Waals surface area contributed by atoms with Crippen molar-refractivity contribution in [2.45, 2.75) is 13.0 Å². The summed E-state index contributed by atoms with van der Waals surface area (Å²) in [6.45, 7) is 5.88. The minimum absolute atomic E-state index is 0.852. The first-order chi connectivity index (χ1) is 3.88. The van der Waals surface area contributed by atoms with Gasteiger partial charge in [0.1, 0.15) is 0 Å². The largest absolute Gasteiger partial charge is 0.318 e. The molecule has 48 valence electrons. The van der Waals surface area contributed by atoms with Crippen molar-refractivity contribution in [2.75, 3.05) is 26.7 Å². The average molecular weight is 114 g/mol. The van der Waals surface area contributed by atoms with Crippen LogP contribution in [0.1, 0.15) is 6.92 Å². The molecule has 1 fully saturated rings. The van der Waals surface area contributed by atoms with Gasteiger partial charge in [0.2, 0.25) is 0 Å². The van der Waals surface area contributed by atoms with E-state index in [0.29, 0.717) is 0 Å². The quantitative estimate of drug-likeness (QED) is 0.516. The van der Waals surface area contributed by atoms with Crippen molar-refractivity contribution < 1.29 is 0 Å². The molecule has 0 aromatic rings. The Balaban J connectivity index is 1.99. The highest BCUT2D eigenvalue weighted by atomic mass is 15.3. The summed E-state index contributed by atoms with van der Waals surface area (Å²) in [6, 6.07) is 0.852. The number of nitrogens with one attached hydrogen (secondary N) is 1. The first-order valence-corrected chi connectivity index (χ1v) is 3.27. The van der Waals surface area contributed by atoms with Crippen molar-refractivity contribution in [3.8, 4) is 0 Å². The SMILES string of the molecule is CCN1CC1CNC. The van der Waals surface area contributed by atoms with Crippen molar-refractivity contribution in [1.82, 2.24) is 10.2 Å². The summed E-state index contributed by atoms with van der Waals surface area (Å²) >= 11 is 0. The second-order valence-electron chi connectivity index (χ2n) is 2.30. The molecule has 0 bridgehead atoms. The molecule has 1 saturated heterocycles. The van der Waals surface area contributed by atoms with E-state index in [2.05, 4.69) is 17.1 Å². The van der Waals surface area contributed by atoms with Gasteiger partial charge < -0.3 is 5.32 Å². The fourth-order valence-electron chi connectivity index (χ4n) is 1.04. The van der Waals surface area contributed by atoms with Gasteiger partial charge in [-0.3, -0.25) is 4.90 Å². The van der Waals surface area contributed by atoms with Crippen molar-refractivity contribution >= 4 is 0 Å². The van der Waals surface area contributed by atoms with Crippen LogP contribution in [0.4, 0.5) is 0 Å². The Bertz CT molecular complexity index is 72.9. The number of hydrogen-bond acceptors (Lipinski definition) is 2. The minimum atomic E-state index is 0.852. The summed E-state index contributed by atoms with van der Waals surface area (Å²) in [7, 11) is 2.01. The monoisotopic (exact) mass is 114 g/mol. The Kier molecular flexibility index (Phi) is 1.86. The lowest BCUT2D eigenvalue weighted by Crippen LogP contribution is -2.17. The van der Waals surface area contributed by atoms with Crippen LogP contribution in [0.5, 0.6) is 0 Å². The Hall–Kier alpha value is -0.0800. The van der Waals surface area contributed by atoms with E-state index in [4.69, 9.17) is 0 Å². The lowest BCUT2D eigenvalue weighted by Gasteiger charge is -1.95. The molecule has 2 atom stereocenters. The van der Waals surface area contributed by atoms with Gasteiger partial charge >= 0.3 is 0 Å². The van der Waals surface area contributed by atoms with Gasteiger partial charge in [-0.2, -0.15) is 0 Å². The molecule has 1 rings (SSSR count). The molecule has 1 aliphatic rings. The Labute approximate surface area is 50.9 Å². The molecule has 0 amide bonds. The van der Waals surface area contributed by atoms with E-state index in [-0.39, 0.29) is 0 Å². The van der Waals surface area contributed by atoms with Gasteiger partial charge in [0.25, 0.3) is 0 Å². The van der Waals surface area contributed by atoms with Crippen LogP contribution in [0.3, 0.4) is 0 Å². The predicted molar refractivity (Wildman–Crippen MR) is 35.0 cm³/mol. The number of nitrogens with zero attached hydrogens (tertiary/aromatic N) is 1. The van der Waals surface area contributed by atoms with Gasteiger partial charge in [0.05, 0.1) is 0 Å². The second kappa shape index (κ2) is 2.46. The predicted octanol–water partition coefficient (Wildman–Crippen LogP) is -0.0901. The molecular formula is C6H14N2. The van der Waals surface area contributed by atoms with Gasteiger partial charge in [-0.15, -0.1) is 0 Å². The van der Waals surface area contributed by atoms with Gasteiger partial charge in [0.15, 0.2) is 0 Å². The molecule has 1 heterocycles. The van der Waals surface area contributed by atoms with Crippen molar-refractivity contribution in [3.05, 3.63) is 0 Å². The van der Waals surface area contributed by atoms with E-state index in [0.717, 1.165) is 12.6 Å². The van der Waals surface area contributed by atoms with Crippen LogP contribution in [0.2, 0.25) is 0 Å². The normalized spacial score (nSPS) is 35.2. The molecule has 1 aliphatic heterocycles. The zero-order chi connectivity index (χ0) is 5.98. The zero-order valence-electron chi connectivity index (χ0n) is 5.65. The average Bonchev–Trinajstić information content (AvgIpc) is 2.48. The van der Waals surface area contributed by atoms with E-state index in [1.54, 1.807) is 0 Å². The maximum Gasteiger partial charge on any atom is 0.0348 e. The molecule has 1 N–H and O–H groups in total. The molecular weight excluding hydrogens is 100 g/mol. The van der Waals surface area contributed by atoms with E-state index < -0.39 is 0 Å². The molecule has 0 saturated carbocycles. The van der Waals surface area contributed by atoms with E-state index in [9.17, 15) is 0 Å². The maximum absolute atomic E-state index is 3.15. The fourth-order valence-corrected chi connectivity index (χ4v) is 1.04. The lowest BCUT2D eigenvalue weighted by molar-refractivity contribution is 0.522. The molecule has 0 spiro atoms. The Morgan fingerprint density at radius 3 is 2.88 bits per heavy atom. The summed E-state index contributed by atoms with van der Waals surface area (Å²) in [5, 5.41) is 3.15. The summed E-state index contributed by atoms with van der Waals surface area (Å²) in [5.41, 5.74) is 0. The molecule has 0 aliphatic carbocycles. The number of rotatable bonds is 3.